The maximum Gasteiger partial charge on any atom is 0.226 e. The molecule has 37 heavy (non-hydrogen) atoms. The van der Waals surface area contributed by atoms with Crippen LogP contribution >= 0.6 is 0 Å². The summed E-state index contributed by atoms with van der Waals surface area (Å²) in [4.78, 5) is 4.50. The SMILES string of the molecule is COc1ccc([C@H]2Oc3ccccc3C3=C2[C@@H](c2cc(OC)c(OC)c(OC)c2)n2ncnc2N3)cc1. The summed E-state index contributed by atoms with van der Waals surface area (Å²) in [5, 5.41) is 8.11. The van der Waals surface area contributed by atoms with Gasteiger partial charge in [-0.05, 0) is 47.5 Å². The Hall–Kier alpha value is -4.66. The molecule has 0 amide bonds. The van der Waals surface area contributed by atoms with Gasteiger partial charge in [0.05, 0.1) is 34.1 Å². The first-order valence-corrected chi connectivity index (χ1v) is 11.8. The monoisotopic (exact) mass is 498 g/mol. The van der Waals surface area contributed by atoms with Gasteiger partial charge in [0.1, 0.15) is 30.0 Å². The molecule has 0 aliphatic carbocycles. The zero-order valence-corrected chi connectivity index (χ0v) is 20.9. The van der Waals surface area contributed by atoms with Gasteiger partial charge in [0.25, 0.3) is 0 Å². The van der Waals surface area contributed by atoms with Crippen molar-refractivity contribution in [2.45, 2.75) is 12.1 Å². The maximum atomic E-state index is 6.67. The van der Waals surface area contributed by atoms with Crippen LogP contribution in [0.15, 0.2) is 72.6 Å². The molecule has 4 aromatic rings. The number of anilines is 1. The lowest BCUT2D eigenvalue weighted by molar-refractivity contribution is 0.222. The van der Waals surface area contributed by atoms with E-state index in [2.05, 4.69) is 15.4 Å². The summed E-state index contributed by atoms with van der Waals surface area (Å²) >= 11 is 0. The molecule has 3 heterocycles. The maximum absolute atomic E-state index is 6.67. The third-order valence-electron chi connectivity index (χ3n) is 6.74. The Labute approximate surface area is 214 Å². The first kappa shape index (κ1) is 22.8. The van der Waals surface area contributed by atoms with E-state index >= 15 is 0 Å². The first-order valence-electron chi connectivity index (χ1n) is 11.8. The van der Waals surface area contributed by atoms with E-state index in [1.165, 1.54) is 0 Å². The van der Waals surface area contributed by atoms with Crippen LogP contribution in [0.5, 0.6) is 28.7 Å². The Morgan fingerprint density at radius 1 is 0.838 bits per heavy atom. The third kappa shape index (κ3) is 3.62. The zero-order chi connectivity index (χ0) is 25.5. The second-order valence-electron chi connectivity index (χ2n) is 8.61. The summed E-state index contributed by atoms with van der Waals surface area (Å²) in [5.74, 6) is 3.81. The van der Waals surface area contributed by atoms with Gasteiger partial charge in [0.2, 0.25) is 11.7 Å². The Morgan fingerprint density at radius 2 is 1.57 bits per heavy atom. The minimum atomic E-state index is -0.412. The second kappa shape index (κ2) is 9.09. The lowest BCUT2D eigenvalue weighted by Crippen LogP contribution is -2.32. The minimum Gasteiger partial charge on any atom is -0.497 e. The summed E-state index contributed by atoms with van der Waals surface area (Å²) in [5.41, 5.74) is 4.73. The van der Waals surface area contributed by atoms with Crippen molar-refractivity contribution >= 4 is 11.6 Å². The lowest BCUT2D eigenvalue weighted by Gasteiger charge is -2.39. The number of fused-ring (bicyclic) bond motifs is 3. The summed E-state index contributed by atoms with van der Waals surface area (Å²) in [7, 11) is 6.46. The van der Waals surface area contributed by atoms with Gasteiger partial charge in [-0.2, -0.15) is 10.1 Å². The molecule has 0 unspecified atom stereocenters. The topological polar surface area (TPSA) is 88.9 Å². The summed E-state index contributed by atoms with van der Waals surface area (Å²) < 4.78 is 30.9. The number of ether oxygens (including phenoxy) is 5. The highest BCUT2D eigenvalue weighted by Gasteiger charge is 2.41. The molecule has 0 bridgehead atoms. The Balaban J connectivity index is 1.61. The molecule has 2 aliphatic rings. The Bertz CT molecular complexity index is 1470. The first-order chi connectivity index (χ1) is 18.2. The predicted octanol–water partition coefficient (Wildman–Crippen LogP) is 4.87. The van der Waals surface area contributed by atoms with E-state index in [0.29, 0.717) is 23.2 Å². The molecule has 2 atom stereocenters. The molecular formula is C28H26N4O5. The largest absolute Gasteiger partial charge is 0.497 e. The molecule has 9 nitrogen and oxygen atoms in total. The summed E-state index contributed by atoms with van der Waals surface area (Å²) in [6.07, 6.45) is 1.13. The molecule has 0 saturated heterocycles. The van der Waals surface area contributed by atoms with E-state index in [0.717, 1.165) is 39.5 Å². The average molecular weight is 499 g/mol. The van der Waals surface area contributed by atoms with Crippen LogP contribution in [0.3, 0.4) is 0 Å². The molecule has 0 saturated carbocycles. The van der Waals surface area contributed by atoms with Crippen molar-refractivity contribution in [3.63, 3.8) is 0 Å². The standard InChI is InChI=1S/C28H26N4O5/c1-33-18-11-9-16(10-12-18)26-23-24(19-7-5-6-8-20(19)37-26)31-28-29-15-30-32(28)25(23)17-13-21(34-2)27(36-4)22(14-17)35-3/h5-15,25-26H,1-4H3,(H,29,30,31)/t25-,26-/m1/s1. The van der Waals surface area contributed by atoms with Gasteiger partial charge in [-0.1, -0.05) is 24.3 Å². The fourth-order valence-corrected chi connectivity index (χ4v) is 5.05. The van der Waals surface area contributed by atoms with Crippen molar-refractivity contribution in [3.8, 4) is 28.7 Å². The Morgan fingerprint density at radius 3 is 2.24 bits per heavy atom. The molecule has 9 heteroatoms. The molecular weight excluding hydrogens is 472 g/mol. The number of aromatic nitrogens is 3. The Kier molecular flexibility index (Phi) is 5.60. The van der Waals surface area contributed by atoms with Crippen LogP contribution in [0.25, 0.3) is 5.70 Å². The van der Waals surface area contributed by atoms with Crippen LogP contribution < -0.4 is 29.0 Å². The van der Waals surface area contributed by atoms with Crippen LogP contribution in [0.1, 0.15) is 28.8 Å². The van der Waals surface area contributed by atoms with Crippen LogP contribution in [0.4, 0.5) is 5.95 Å². The minimum absolute atomic E-state index is 0.372. The van der Waals surface area contributed by atoms with Gasteiger partial charge in [-0.15, -0.1) is 0 Å². The fraction of sp³-hybridized carbons (Fsp3) is 0.214. The van der Waals surface area contributed by atoms with Gasteiger partial charge in [0.15, 0.2) is 11.5 Å². The molecule has 0 radical (unpaired) electrons. The lowest BCUT2D eigenvalue weighted by atomic mass is 9.84. The third-order valence-corrected chi connectivity index (χ3v) is 6.74. The van der Waals surface area contributed by atoms with Crippen LogP contribution in [0, 0.1) is 0 Å². The number of methoxy groups -OCH3 is 4. The molecule has 0 fully saturated rings. The number of benzene rings is 3. The highest BCUT2D eigenvalue weighted by Crippen LogP contribution is 2.52. The van der Waals surface area contributed by atoms with E-state index < -0.39 is 6.10 Å². The smallest absolute Gasteiger partial charge is 0.226 e. The van der Waals surface area contributed by atoms with Gasteiger partial charge in [-0.25, -0.2) is 4.68 Å². The van der Waals surface area contributed by atoms with Crippen molar-refractivity contribution in [1.82, 2.24) is 14.8 Å². The molecule has 1 N–H and O–H groups in total. The van der Waals surface area contributed by atoms with Gasteiger partial charge in [-0.3, -0.25) is 0 Å². The molecule has 3 aromatic carbocycles. The van der Waals surface area contributed by atoms with Gasteiger partial charge in [0, 0.05) is 11.1 Å². The van der Waals surface area contributed by atoms with Crippen molar-refractivity contribution in [1.29, 1.82) is 0 Å². The van der Waals surface area contributed by atoms with Crippen LogP contribution in [-0.2, 0) is 0 Å². The average Bonchev–Trinajstić information content (AvgIpc) is 3.43. The van der Waals surface area contributed by atoms with Crippen LogP contribution in [0.2, 0.25) is 0 Å². The number of hydrogen-bond acceptors (Lipinski definition) is 8. The second-order valence-corrected chi connectivity index (χ2v) is 8.61. The quantitative estimate of drug-likeness (QED) is 0.403. The zero-order valence-electron chi connectivity index (χ0n) is 20.9. The predicted molar refractivity (Wildman–Crippen MR) is 138 cm³/mol. The highest BCUT2D eigenvalue weighted by atomic mass is 16.5. The molecule has 188 valence electrons. The molecule has 1 aromatic heterocycles. The number of rotatable bonds is 6. The van der Waals surface area contributed by atoms with Crippen molar-refractivity contribution in [2.24, 2.45) is 0 Å². The number of nitrogens with one attached hydrogen (secondary N) is 1. The summed E-state index contributed by atoms with van der Waals surface area (Å²) in [6.45, 7) is 0. The highest BCUT2D eigenvalue weighted by molar-refractivity contribution is 5.85. The van der Waals surface area contributed by atoms with E-state index in [-0.39, 0.29) is 6.04 Å². The van der Waals surface area contributed by atoms with E-state index in [1.807, 2.05) is 65.3 Å². The normalized spacial score (nSPS) is 17.5. The number of nitrogens with zero attached hydrogens (tertiary/aromatic N) is 3. The number of para-hydroxylation sites is 1. The molecule has 0 spiro atoms. The van der Waals surface area contributed by atoms with Crippen LogP contribution in [-0.4, -0.2) is 43.2 Å². The molecule has 6 rings (SSSR count). The van der Waals surface area contributed by atoms with E-state index in [9.17, 15) is 0 Å². The van der Waals surface area contributed by atoms with E-state index in [4.69, 9.17) is 23.7 Å². The molecule has 2 aliphatic heterocycles. The van der Waals surface area contributed by atoms with Gasteiger partial charge < -0.3 is 29.0 Å². The number of hydrogen-bond donors (Lipinski definition) is 1. The summed E-state index contributed by atoms with van der Waals surface area (Å²) in [6, 6.07) is 19.4. The fourth-order valence-electron chi connectivity index (χ4n) is 5.05. The van der Waals surface area contributed by atoms with Crippen molar-refractivity contribution in [2.75, 3.05) is 33.8 Å². The van der Waals surface area contributed by atoms with E-state index in [1.54, 1.807) is 34.8 Å². The van der Waals surface area contributed by atoms with Gasteiger partial charge >= 0.3 is 0 Å². The van der Waals surface area contributed by atoms with Crippen molar-refractivity contribution < 1.29 is 23.7 Å². The van der Waals surface area contributed by atoms with Crippen molar-refractivity contribution in [3.05, 3.63) is 89.3 Å².